The predicted octanol–water partition coefficient (Wildman–Crippen LogP) is 0.176. The molecule has 82 valence electrons. The van der Waals surface area contributed by atoms with Gasteiger partial charge in [-0.1, -0.05) is 4.40 Å². The summed E-state index contributed by atoms with van der Waals surface area (Å²) in [6.07, 6.45) is 1.75. The van der Waals surface area contributed by atoms with Gasteiger partial charge in [0.05, 0.1) is 0 Å². The summed E-state index contributed by atoms with van der Waals surface area (Å²) in [6.45, 7) is 0. The summed E-state index contributed by atoms with van der Waals surface area (Å²) >= 11 is 0.752. The summed E-state index contributed by atoms with van der Waals surface area (Å²) in [5, 5.41) is 1.30. The van der Waals surface area contributed by atoms with E-state index in [0.29, 0.717) is 0 Å². The molecule has 1 rings (SSSR count). The molecule has 0 spiro atoms. The fraction of sp³-hybridized carbons (Fsp3) is 0.167. The first-order valence-corrected chi connectivity index (χ1v) is 7.62. The topological polar surface area (TPSA) is 97.7 Å². The van der Waals surface area contributed by atoms with Crippen LogP contribution in [-0.2, 0) is 24.7 Å². The first kappa shape index (κ1) is 12.1. The van der Waals surface area contributed by atoms with Gasteiger partial charge >= 0.3 is 0 Å². The highest BCUT2D eigenvalue weighted by atomic mass is 32.2. The summed E-state index contributed by atoms with van der Waals surface area (Å²) in [7, 11) is -7.89. The van der Waals surface area contributed by atoms with Crippen molar-refractivity contribution in [3.63, 3.8) is 0 Å². The van der Waals surface area contributed by atoms with E-state index in [2.05, 4.69) is 4.40 Å². The van der Waals surface area contributed by atoms with Crippen LogP contribution in [0.2, 0.25) is 0 Å². The Balaban J connectivity index is 3.56. The quantitative estimate of drug-likeness (QED) is 0.574. The molecule has 0 aromatic carbocycles. The summed E-state index contributed by atoms with van der Waals surface area (Å²) in [6, 6.07) is 1.08. The number of nitrogens with zero attached hydrogens (tertiary/aromatic N) is 1. The van der Waals surface area contributed by atoms with Crippen molar-refractivity contribution >= 4 is 37.3 Å². The molecular weight excluding hydrogens is 262 g/mol. The molecule has 15 heavy (non-hydrogen) atoms. The number of sulfonamides is 1. The van der Waals surface area contributed by atoms with Gasteiger partial charge in [-0.05, 0) is 11.4 Å². The van der Waals surface area contributed by atoms with Crippen molar-refractivity contribution < 1.29 is 21.6 Å². The van der Waals surface area contributed by atoms with Crippen LogP contribution < -0.4 is 0 Å². The number of hydrogen-bond acceptors (Lipinski definition) is 6. The Morgan fingerprint density at radius 2 is 1.93 bits per heavy atom. The number of isocyanates is 1. The van der Waals surface area contributed by atoms with Crippen LogP contribution in [0.15, 0.2) is 24.9 Å². The Hall–Kier alpha value is -1.02. The van der Waals surface area contributed by atoms with Crippen LogP contribution in [0.4, 0.5) is 0 Å². The van der Waals surface area contributed by atoms with Gasteiger partial charge in [0.2, 0.25) is 0 Å². The zero-order chi connectivity index (χ0) is 11.7. The molecular formula is C6H5NO5S3. The molecule has 0 saturated carbocycles. The van der Waals surface area contributed by atoms with Crippen molar-refractivity contribution in [2.24, 2.45) is 4.40 Å². The van der Waals surface area contributed by atoms with Crippen molar-refractivity contribution in [1.29, 1.82) is 0 Å². The highest BCUT2D eigenvalue weighted by molar-refractivity contribution is 7.95. The highest BCUT2D eigenvalue weighted by Crippen LogP contribution is 2.27. The number of rotatable bonds is 3. The standard InChI is InChI=1S/C6H5NO5S3/c1-14(9,10)6-5(2-3-13-6)15(11,12)7-4-8/h2-3H,1H3. The lowest BCUT2D eigenvalue weighted by molar-refractivity contribution is 0.563. The molecule has 1 aromatic rings. The summed E-state index contributed by atoms with van der Waals surface area (Å²) in [5.41, 5.74) is 0. The first-order chi connectivity index (χ1) is 6.79. The fourth-order valence-corrected chi connectivity index (χ4v) is 4.62. The van der Waals surface area contributed by atoms with Crippen LogP contribution in [0.25, 0.3) is 0 Å². The van der Waals surface area contributed by atoms with Gasteiger partial charge in [0, 0.05) is 6.26 Å². The second-order valence-electron chi connectivity index (χ2n) is 2.50. The lowest BCUT2D eigenvalue weighted by Crippen LogP contribution is -2.03. The van der Waals surface area contributed by atoms with E-state index in [1.54, 1.807) is 0 Å². The summed E-state index contributed by atoms with van der Waals surface area (Å²) in [4.78, 5) is 9.37. The molecule has 0 aliphatic carbocycles. The van der Waals surface area contributed by atoms with Gasteiger partial charge in [-0.2, -0.15) is 8.42 Å². The van der Waals surface area contributed by atoms with Gasteiger partial charge < -0.3 is 0 Å². The molecule has 1 heterocycles. The van der Waals surface area contributed by atoms with Crippen LogP contribution in [0.1, 0.15) is 0 Å². The SMILES string of the molecule is CS(=O)(=O)c1sccc1S(=O)(=O)N=C=O. The molecule has 0 N–H and O–H groups in total. The van der Waals surface area contributed by atoms with Crippen LogP contribution in [0, 0.1) is 0 Å². The van der Waals surface area contributed by atoms with Crippen LogP contribution in [0.5, 0.6) is 0 Å². The lowest BCUT2D eigenvalue weighted by atomic mass is 10.7. The number of thiophene rings is 1. The van der Waals surface area contributed by atoms with E-state index in [4.69, 9.17) is 0 Å². The molecule has 0 aliphatic rings. The van der Waals surface area contributed by atoms with Crippen LogP contribution in [-0.4, -0.2) is 29.2 Å². The van der Waals surface area contributed by atoms with E-state index >= 15 is 0 Å². The van der Waals surface area contributed by atoms with E-state index in [1.165, 1.54) is 5.38 Å². The summed E-state index contributed by atoms with van der Waals surface area (Å²) < 4.78 is 47.1. The Morgan fingerprint density at radius 3 is 2.40 bits per heavy atom. The second-order valence-corrected chi connectivity index (χ2v) is 7.20. The number of carbonyl (C=O) groups excluding carboxylic acids is 1. The summed E-state index contributed by atoms with van der Waals surface area (Å²) in [5.74, 6) is 0. The minimum absolute atomic E-state index is 0.332. The third-order valence-electron chi connectivity index (χ3n) is 1.37. The average molecular weight is 267 g/mol. The maximum Gasteiger partial charge on any atom is 0.294 e. The van der Waals surface area contributed by atoms with E-state index in [-0.39, 0.29) is 4.21 Å². The second kappa shape index (κ2) is 3.86. The largest absolute Gasteiger partial charge is 0.294 e. The Bertz CT molecular complexity index is 617. The maximum absolute atomic E-state index is 11.3. The van der Waals surface area contributed by atoms with Crippen molar-refractivity contribution in [1.82, 2.24) is 0 Å². The Labute approximate surface area is 90.2 Å². The molecule has 0 aliphatic heterocycles. The third kappa shape index (κ3) is 2.51. The van der Waals surface area contributed by atoms with Crippen molar-refractivity contribution in [2.45, 2.75) is 9.10 Å². The molecule has 0 amide bonds. The molecule has 0 fully saturated rings. The van der Waals surface area contributed by atoms with E-state index in [0.717, 1.165) is 29.7 Å². The van der Waals surface area contributed by atoms with E-state index in [9.17, 15) is 21.6 Å². The van der Waals surface area contributed by atoms with E-state index in [1.807, 2.05) is 0 Å². The van der Waals surface area contributed by atoms with Gasteiger partial charge in [0.15, 0.2) is 9.84 Å². The van der Waals surface area contributed by atoms with Crippen molar-refractivity contribution in [3.05, 3.63) is 11.4 Å². The minimum atomic E-state index is -4.25. The Morgan fingerprint density at radius 1 is 1.33 bits per heavy atom. The minimum Gasteiger partial charge on any atom is -0.223 e. The molecule has 0 saturated heterocycles. The molecule has 9 heteroatoms. The maximum atomic E-state index is 11.3. The highest BCUT2D eigenvalue weighted by Gasteiger charge is 2.24. The first-order valence-electron chi connectivity index (χ1n) is 3.41. The van der Waals surface area contributed by atoms with Gasteiger partial charge in [-0.3, -0.25) is 0 Å². The predicted molar refractivity (Wildman–Crippen MR) is 52.7 cm³/mol. The van der Waals surface area contributed by atoms with Gasteiger partial charge in [0.25, 0.3) is 16.1 Å². The zero-order valence-electron chi connectivity index (χ0n) is 7.37. The molecule has 1 aromatic heterocycles. The smallest absolute Gasteiger partial charge is 0.223 e. The lowest BCUT2D eigenvalue weighted by Gasteiger charge is -1.96. The number of sulfone groups is 1. The third-order valence-corrected chi connectivity index (χ3v) is 5.63. The molecule has 6 nitrogen and oxygen atoms in total. The monoisotopic (exact) mass is 267 g/mol. The molecule has 0 bridgehead atoms. The molecule has 0 radical (unpaired) electrons. The van der Waals surface area contributed by atoms with E-state index < -0.39 is 24.8 Å². The zero-order valence-corrected chi connectivity index (χ0v) is 9.82. The van der Waals surface area contributed by atoms with Crippen LogP contribution >= 0.6 is 11.3 Å². The fourth-order valence-electron chi connectivity index (χ4n) is 0.843. The van der Waals surface area contributed by atoms with Crippen molar-refractivity contribution in [2.75, 3.05) is 6.26 Å². The van der Waals surface area contributed by atoms with Gasteiger partial charge in [-0.15, -0.1) is 11.3 Å². The van der Waals surface area contributed by atoms with Gasteiger partial charge in [0.1, 0.15) is 9.10 Å². The Kier molecular flexibility index (Phi) is 3.10. The molecule has 0 unspecified atom stereocenters. The normalized spacial score (nSPS) is 12.1. The van der Waals surface area contributed by atoms with Gasteiger partial charge in [-0.25, -0.2) is 13.2 Å². The molecule has 0 atom stereocenters. The number of hydrogen-bond donors (Lipinski definition) is 0. The van der Waals surface area contributed by atoms with Crippen LogP contribution in [0.3, 0.4) is 0 Å². The average Bonchev–Trinajstić information content (AvgIpc) is 2.49. The van der Waals surface area contributed by atoms with Crippen molar-refractivity contribution in [3.8, 4) is 0 Å².